The standard InChI is InChI=1S/C18H20N4O5/c1-21-16-14(17(23)22(2)18(21)24)19-13(20-16)7-6-10-8-11(25-3)15(27-5)12(9-10)26-4/h6-9H,1-5H3,(H,19,20)/b7-6+. The normalized spacial score (nSPS) is 11.3. The van der Waals surface area contributed by atoms with Crippen LogP contribution >= 0.6 is 0 Å². The van der Waals surface area contributed by atoms with E-state index < -0.39 is 11.2 Å². The number of H-pyrrole nitrogens is 1. The van der Waals surface area contributed by atoms with Crippen LogP contribution in [0.25, 0.3) is 23.3 Å². The lowest BCUT2D eigenvalue weighted by atomic mass is 10.1. The fraction of sp³-hybridized carbons (Fsp3) is 0.278. The molecular weight excluding hydrogens is 352 g/mol. The Balaban J connectivity index is 2.07. The molecule has 27 heavy (non-hydrogen) atoms. The van der Waals surface area contributed by atoms with E-state index in [1.807, 2.05) is 0 Å². The molecule has 0 bridgehead atoms. The van der Waals surface area contributed by atoms with Crippen molar-refractivity contribution in [1.29, 1.82) is 0 Å². The number of aromatic nitrogens is 4. The highest BCUT2D eigenvalue weighted by Gasteiger charge is 2.14. The smallest absolute Gasteiger partial charge is 0.332 e. The van der Waals surface area contributed by atoms with Gasteiger partial charge in [-0.15, -0.1) is 0 Å². The van der Waals surface area contributed by atoms with Gasteiger partial charge in [0, 0.05) is 14.1 Å². The quantitative estimate of drug-likeness (QED) is 0.721. The molecule has 0 spiro atoms. The maximum atomic E-state index is 12.2. The van der Waals surface area contributed by atoms with E-state index >= 15 is 0 Å². The summed E-state index contributed by atoms with van der Waals surface area (Å²) in [6.45, 7) is 0. The van der Waals surface area contributed by atoms with Gasteiger partial charge in [-0.05, 0) is 23.8 Å². The molecular formula is C18H20N4O5. The predicted molar refractivity (Wildman–Crippen MR) is 102 cm³/mol. The van der Waals surface area contributed by atoms with Crippen LogP contribution in [-0.4, -0.2) is 40.4 Å². The van der Waals surface area contributed by atoms with E-state index in [0.717, 1.165) is 10.1 Å². The Labute approximate surface area is 154 Å². The third-order valence-electron chi connectivity index (χ3n) is 4.23. The lowest BCUT2D eigenvalue weighted by molar-refractivity contribution is 0.324. The van der Waals surface area contributed by atoms with E-state index in [0.29, 0.717) is 28.7 Å². The fourth-order valence-corrected chi connectivity index (χ4v) is 2.80. The zero-order valence-corrected chi connectivity index (χ0v) is 15.7. The number of imidazole rings is 1. The first-order valence-corrected chi connectivity index (χ1v) is 8.05. The first-order chi connectivity index (χ1) is 12.9. The number of rotatable bonds is 5. The Kier molecular flexibility index (Phi) is 4.76. The Morgan fingerprint density at radius 2 is 1.59 bits per heavy atom. The third-order valence-corrected chi connectivity index (χ3v) is 4.23. The SMILES string of the molecule is COc1cc(/C=C/c2nc3c([nH]2)c(=O)n(C)c(=O)n3C)cc(OC)c1OC. The molecule has 0 amide bonds. The third kappa shape index (κ3) is 3.07. The van der Waals surface area contributed by atoms with Gasteiger partial charge in [-0.25, -0.2) is 9.78 Å². The molecule has 0 fully saturated rings. The number of methoxy groups -OCH3 is 3. The Bertz CT molecular complexity index is 1130. The summed E-state index contributed by atoms with van der Waals surface area (Å²) in [6.07, 6.45) is 3.48. The van der Waals surface area contributed by atoms with Gasteiger partial charge in [0.2, 0.25) is 5.75 Å². The zero-order valence-electron chi connectivity index (χ0n) is 15.7. The van der Waals surface area contributed by atoms with Crippen LogP contribution in [0.1, 0.15) is 11.4 Å². The second kappa shape index (κ2) is 7.02. The van der Waals surface area contributed by atoms with E-state index in [4.69, 9.17) is 14.2 Å². The summed E-state index contributed by atoms with van der Waals surface area (Å²) in [7, 11) is 7.61. The van der Waals surface area contributed by atoms with Crippen molar-refractivity contribution in [3.05, 3.63) is 44.4 Å². The highest BCUT2D eigenvalue weighted by Crippen LogP contribution is 2.38. The number of nitrogens with zero attached hydrogens (tertiary/aromatic N) is 3. The largest absolute Gasteiger partial charge is 0.493 e. The van der Waals surface area contributed by atoms with Crippen LogP contribution < -0.4 is 25.5 Å². The number of benzene rings is 1. The molecule has 0 aliphatic heterocycles. The summed E-state index contributed by atoms with van der Waals surface area (Å²) < 4.78 is 18.3. The van der Waals surface area contributed by atoms with E-state index in [2.05, 4.69) is 9.97 Å². The van der Waals surface area contributed by atoms with Gasteiger partial charge in [-0.3, -0.25) is 13.9 Å². The molecule has 0 aliphatic rings. The van der Waals surface area contributed by atoms with Gasteiger partial charge in [0.05, 0.1) is 21.3 Å². The van der Waals surface area contributed by atoms with Crippen LogP contribution in [0.5, 0.6) is 17.2 Å². The molecule has 0 saturated heterocycles. The lowest BCUT2D eigenvalue weighted by Gasteiger charge is -2.12. The van der Waals surface area contributed by atoms with Gasteiger partial charge in [0.15, 0.2) is 17.1 Å². The molecule has 142 valence electrons. The minimum Gasteiger partial charge on any atom is -0.493 e. The van der Waals surface area contributed by atoms with E-state index in [9.17, 15) is 9.59 Å². The van der Waals surface area contributed by atoms with Crippen molar-refractivity contribution in [2.75, 3.05) is 21.3 Å². The van der Waals surface area contributed by atoms with Crippen LogP contribution in [0.3, 0.4) is 0 Å². The molecule has 0 radical (unpaired) electrons. The summed E-state index contributed by atoms with van der Waals surface area (Å²) in [6, 6.07) is 3.57. The number of ether oxygens (including phenoxy) is 3. The molecule has 0 unspecified atom stereocenters. The lowest BCUT2D eigenvalue weighted by Crippen LogP contribution is -2.36. The zero-order chi connectivity index (χ0) is 19.7. The van der Waals surface area contributed by atoms with Gasteiger partial charge >= 0.3 is 5.69 Å². The predicted octanol–water partition coefficient (Wildman–Crippen LogP) is 1.16. The monoisotopic (exact) mass is 372 g/mol. The maximum Gasteiger partial charge on any atom is 0.332 e. The Morgan fingerprint density at radius 1 is 0.963 bits per heavy atom. The molecule has 1 aromatic carbocycles. The first kappa shape index (κ1) is 18.3. The van der Waals surface area contributed by atoms with Crippen molar-refractivity contribution in [2.45, 2.75) is 0 Å². The molecule has 3 aromatic rings. The molecule has 0 saturated carbocycles. The maximum absolute atomic E-state index is 12.2. The van der Waals surface area contributed by atoms with Crippen molar-refractivity contribution in [3.8, 4) is 17.2 Å². The second-order valence-corrected chi connectivity index (χ2v) is 5.82. The molecule has 2 heterocycles. The summed E-state index contributed by atoms with van der Waals surface area (Å²) in [4.78, 5) is 31.5. The fourth-order valence-electron chi connectivity index (χ4n) is 2.80. The van der Waals surface area contributed by atoms with Gasteiger partial charge in [0.25, 0.3) is 5.56 Å². The van der Waals surface area contributed by atoms with Crippen molar-refractivity contribution in [1.82, 2.24) is 19.1 Å². The molecule has 9 heteroatoms. The van der Waals surface area contributed by atoms with Crippen LogP contribution in [0, 0.1) is 0 Å². The van der Waals surface area contributed by atoms with Gasteiger partial charge in [-0.2, -0.15) is 0 Å². The van der Waals surface area contributed by atoms with Crippen LogP contribution in [0.2, 0.25) is 0 Å². The molecule has 0 aliphatic carbocycles. The summed E-state index contributed by atoms with van der Waals surface area (Å²) >= 11 is 0. The molecule has 1 N–H and O–H groups in total. The average Bonchev–Trinajstić information content (AvgIpc) is 3.12. The number of nitrogens with one attached hydrogen (secondary N) is 1. The minimum absolute atomic E-state index is 0.268. The van der Waals surface area contributed by atoms with Gasteiger partial charge in [0.1, 0.15) is 11.3 Å². The van der Waals surface area contributed by atoms with Crippen molar-refractivity contribution in [3.63, 3.8) is 0 Å². The molecule has 2 aromatic heterocycles. The van der Waals surface area contributed by atoms with E-state index in [-0.39, 0.29) is 5.52 Å². The number of aromatic amines is 1. The molecule has 0 atom stereocenters. The van der Waals surface area contributed by atoms with Crippen LogP contribution in [0.4, 0.5) is 0 Å². The van der Waals surface area contributed by atoms with Crippen molar-refractivity contribution >= 4 is 23.3 Å². The van der Waals surface area contributed by atoms with Gasteiger partial charge < -0.3 is 19.2 Å². The Morgan fingerprint density at radius 3 is 2.15 bits per heavy atom. The molecule has 3 rings (SSSR count). The average molecular weight is 372 g/mol. The Hall–Kier alpha value is -3.49. The van der Waals surface area contributed by atoms with Crippen LogP contribution in [-0.2, 0) is 14.1 Å². The topological polar surface area (TPSA) is 100 Å². The summed E-state index contributed by atoms with van der Waals surface area (Å²) in [5.74, 6) is 1.99. The number of aryl methyl sites for hydroxylation is 1. The van der Waals surface area contributed by atoms with Crippen molar-refractivity contribution in [2.24, 2.45) is 14.1 Å². The highest BCUT2D eigenvalue weighted by atomic mass is 16.5. The number of hydrogen-bond donors (Lipinski definition) is 1. The summed E-state index contributed by atoms with van der Waals surface area (Å²) in [5, 5.41) is 0. The minimum atomic E-state index is -0.431. The van der Waals surface area contributed by atoms with Gasteiger partial charge in [-0.1, -0.05) is 6.08 Å². The van der Waals surface area contributed by atoms with Crippen molar-refractivity contribution < 1.29 is 14.2 Å². The first-order valence-electron chi connectivity index (χ1n) is 8.05. The van der Waals surface area contributed by atoms with E-state index in [1.54, 1.807) is 45.6 Å². The highest BCUT2D eigenvalue weighted by molar-refractivity contribution is 5.76. The molecule has 9 nitrogen and oxygen atoms in total. The number of fused-ring (bicyclic) bond motifs is 1. The van der Waals surface area contributed by atoms with E-state index in [1.165, 1.54) is 18.7 Å². The number of hydrogen-bond acceptors (Lipinski definition) is 6. The second-order valence-electron chi connectivity index (χ2n) is 5.82. The summed E-state index contributed by atoms with van der Waals surface area (Å²) in [5.41, 5.74) is 0.496. The van der Waals surface area contributed by atoms with Crippen LogP contribution in [0.15, 0.2) is 21.7 Å².